The van der Waals surface area contributed by atoms with E-state index < -0.39 is 0 Å². The van der Waals surface area contributed by atoms with Gasteiger partial charge in [-0.05, 0) is 38.5 Å². The topological polar surface area (TPSA) is 40.5 Å². The number of aromatic nitrogens is 1. The van der Waals surface area contributed by atoms with Crippen LogP contribution in [-0.4, -0.2) is 35.5 Å². The molecule has 0 saturated carbocycles. The van der Waals surface area contributed by atoms with Gasteiger partial charge in [-0.3, -0.25) is 0 Å². The Labute approximate surface area is 132 Å². The zero-order chi connectivity index (χ0) is 15.2. The second-order valence-electron chi connectivity index (χ2n) is 6.27. The quantitative estimate of drug-likeness (QED) is 0.670. The van der Waals surface area contributed by atoms with Gasteiger partial charge in [0.05, 0.1) is 6.54 Å². The van der Waals surface area contributed by atoms with Crippen LogP contribution in [0, 0.1) is 18.8 Å². The maximum absolute atomic E-state index is 4.77. The molecule has 1 unspecified atom stereocenters. The van der Waals surface area contributed by atoms with E-state index in [0.717, 1.165) is 42.4 Å². The molecule has 118 valence electrons. The summed E-state index contributed by atoms with van der Waals surface area (Å²) < 4.78 is 0. The van der Waals surface area contributed by atoms with Gasteiger partial charge in [-0.25, -0.2) is 9.98 Å². The molecule has 0 amide bonds. The number of thiazole rings is 1. The molecule has 0 bridgehead atoms. The van der Waals surface area contributed by atoms with Crippen molar-refractivity contribution in [2.75, 3.05) is 19.6 Å². The largest absolute Gasteiger partial charge is 0.357 e. The first kappa shape index (κ1) is 16.3. The molecule has 2 heterocycles. The molecule has 0 aliphatic carbocycles. The summed E-state index contributed by atoms with van der Waals surface area (Å²) in [4.78, 5) is 12.8. The highest BCUT2D eigenvalue weighted by atomic mass is 32.1. The zero-order valence-corrected chi connectivity index (χ0v) is 14.5. The van der Waals surface area contributed by atoms with Crippen molar-refractivity contribution in [3.8, 4) is 0 Å². The monoisotopic (exact) mass is 308 g/mol. The van der Waals surface area contributed by atoms with Crippen molar-refractivity contribution in [1.82, 2.24) is 15.2 Å². The summed E-state index contributed by atoms with van der Waals surface area (Å²) in [5.41, 5.74) is 0. The SMILES string of the molecule is CCNC(=NCc1ncc(C)s1)N1CCC(CC(C)C)C1. The molecule has 0 radical (unpaired) electrons. The number of hydrogen-bond donors (Lipinski definition) is 1. The fourth-order valence-electron chi connectivity index (χ4n) is 2.93. The third kappa shape index (κ3) is 4.99. The maximum Gasteiger partial charge on any atom is 0.194 e. The van der Waals surface area contributed by atoms with Crippen LogP contribution in [0.2, 0.25) is 0 Å². The Morgan fingerprint density at radius 2 is 2.38 bits per heavy atom. The Hall–Kier alpha value is -1.10. The standard InChI is InChI=1S/C16H28N4S/c1-5-17-16(19-10-15-18-9-13(4)21-15)20-7-6-14(11-20)8-12(2)3/h9,12,14H,5-8,10-11H2,1-4H3,(H,17,19). The zero-order valence-electron chi connectivity index (χ0n) is 13.7. The fourth-order valence-corrected chi connectivity index (χ4v) is 3.64. The average molecular weight is 308 g/mol. The minimum absolute atomic E-state index is 0.687. The van der Waals surface area contributed by atoms with Gasteiger partial charge >= 0.3 is 0 Å². The molecule has 1 atom stereocenters. The van der Waals surface area contributed by atoms with E-state index in [1.54, 1.807) is 11.3 Å². The molecule has 2 rings (SSSR count). The lowest BCUT2D eigenvalue weighted by molar-refractivity contribution is 0.403. The molecule has 1 N–H and O–H groups in total. The second-order valence-corrected chi connectivity index (χ2v) is 7.58. The lowest BCUT2D eigenvalue weighted by atomic mass is 9.97. The van der Waals surface area contributed by atoms with E-state index in [4.69, 9.17) is 4.99 Å². The van der Waals surface area contributed by atoms with Crippen molar-refractivity contribution < 1.29 is 0 Å². The number of aliphatic imine (C=N–C) groups is 1. The van der Waals surface area contributed by atoms with Crippen molar-refractivity contribution in [3.05, 3.63) is 16.1 Å². The summed E-state index contributed by atoms with van der Waals surface area (Å²) in [6.07, 6.45) is 4.54. The van der Waals surface area contributed by atoms with Gasteiger partial charge in [0.25, 0.3) is 0 Å². The molecule has 0 spiro atoms. The Kier molecular flexibility index (Phi) is 6.03. The van der Waals surface area contributed by atoms with Crippen molar-refractivity contribution >= 4 is 17.3 Å². The Morgan fingerprint density at radius 1 is 1.57 bits per heavy atom. The number of nitrogens with zero attached hydrogens (tertiary/aromatic N) is 3. The lowest BCUT2D eigenvalue weighted by Crippen LogP contribution is -2.40. The molecule has 1 saturated heterocycles. The van der Waals surface area contributed by atoms with Crippen LogP contribution in [0.5, 0.6) is 0 Å². The third-order valence-corrected chi connectivity index (χ3v) is 4.66. The van der Waals surface area contributed by atoms with Crippen LogP contribution in [0.25, 0.3) is 0 Å². The summed E-state index contributed by atoms with van der Waals surface area (Å²) in [6.45, 7) is 12.7. The molecule has 1 aliphatic rings. The van der Waals surface area contributed by atoms with E-state index in [1.807, 2.05) is 6.20 Å². The second kappa shape index (κ2) is 7.78. The van der Waals surface area contributed by atoms with E-state index in [2.05, 4.69) is 42.9 Å². The Balaban J connectivity index is 1.95. The summed E-state index contributed by atoms with van der Waals surface area (Å²) in [6, 6.07) is 0. The van der Waals surface area contributed by atoms with Gasteiger partial charge in [0, 0.05) is 30.7 Å². The molecule has 4 nitrogen and oxygen atoms in total. The summed E-state index contributed by atoms with van der Waals surface area (Å²) >= 11 is 1.73. The first-order valence-corrected chi connectivity index (χ1v) is 8.84. The lowest BCUT2D eigenvalue weighted by Gasteiger charge is -2.22. The van der Waals surface area contributed by atoms with E-state index in [9.17, 15) is 0 Å². The van der Waals surface area contributed by atoms with Crippen LogP contribution in [0.4, 0.5) is 0 Å². The molecule has 1 aromatic rings. The van der Waals surface area contributed by atoms with E-state index in [1.165, 1.54) is 17.7 Å². The fraction of sp³-hybridized carbons (Fsp3) is 0.750. The van der Waals surface area contributed by atoms with Gasteiger partial charge in [0.2, 0.25) is 0 Å². The predicted octanol–water partition coefficient (Wildman–Crippen LogP) is 3.29. The number of hydrogen-bond acceptors (Lipinski definition) is 3. The number of guanidine groups is 1. The molecule has 1 fully saturated rings. The first-order chi connectivity index (χ1) is 10.1. The summed E-state index contributed by atoms with van der Waals surface area (Å²) in [7, 11) is 0. The summed E-state index contributed by atoms with van der Waals surface area (Å²) in [5.74, 6) is 2.65. The molecule has 1 aliphatic heterocycles. The average Bonchev–Trinajstić information content (AvgIpc) is 3.03. The molecule has 0 aromatic carbocycles. The van der Waals surface area contributed by atoms with Gasteiger partial charge in [-0.1, -0.05) is 13.8 Å². The normalized spacial score (nSPS) is 19.6. The van der Waals surface area contributed by atoms with Crippen LogP contribution in [0.1, 0.15) is 43.5 Å². The first-order valence-electron chi connectivity index (χ1n) is 8.03. The maximum atomic E-state index is 4.77. The van der Waals surface area contributed by atoms with Crippen molar-refractivity contribution in [2.45, 2.75) is 47.1 Å². The van der Waals surface area contributed by atoms with Crippen LogP contribution in [0.3, 0.4) is 0 Å². The van der Waals surface area contributed by atoms with Crippen LogP contribution >= 0.6 is 11.3 Å². The van der Waals surface area contributed by atoms with Crippen molar-refractivity contribution in [3.63, 3.8) is 0 Å². The summed E-state index contributed by atoms with van der Waals surface area (Å²) in [5, 5.41) is 4.53. The number of likely N-dealkylation sites (tertiary alicyclic amines) is 1. The minimum atomic E-state index is 0.687. The van der Waals surface area contributed by atoms with Crippen LogP contribution in [-0.2, 0) is 6.54 Å². The van der Waals surface area contributed by atoms with Gasteiger partial charge in [0.1, 0.15) is 5.01 Å². The Morgan fingerprint density at radius 3 is 3.00 bits per heavy atom. The molecular weight excluding hydrogens is 280 g/mol. The highest BCUT2D eigenvalue weighted by Crippen LogP contribution is 2.23. The smallest absolute Gasteiger partial charge is 0.194 e. The van der Waals surface area contributed by atoms with Crippen molar-refractivity contribution in [1.29, 1.82) is 0 Å². The molecule has 21 heavy (non-hydrogen) atoms. The predicted molar refractivity (Wildman–Crippen MR) is 90.8 cm³/mol. The number of nitrogens with one attached hydrogen (secondary N) is 1. The molecule has 5 heteroatoms. The highest BCUT2D eigenvalue weighted by Gasteiger charge is 2.25. The van der Waals surface area contributed by atoms with Gasteiger partial charge in [0.15, 0.2) is 5.96 Å². The number of rotatable bonds is 5. The molecule has 1 aromatic heterocycles. The van der Waals surface area contributed by atoms with Crippen LogP contribution < -0.4 is 5.32 Å². The Bertz CT molecular complexity index is 467. The third-order valence-electron chi connectivity index (χ3n) is 3.76. The van der Waals surface area contributed by atoms with Gasteiger partial charge in [-0.2, -0.15) is 0 Å². The van der Waals surface area contributed by atoms with E-state index in [0.29, 0.717) is 6.54 Å². The minimum Gasteiger partial charge on any atom is -0.357 e. The van der Waals surface area contributed by atoms with Gasteiger partial charge in [-0.15, -0.1) is 11.3 Å². The van der Waals surface area contributed by atoms with E-state index >= 15 is 0 Å². The van der Waals surface area contributed by atoms with Crippen LogP contribution in [0.15, 0.2) is 11.2 Å². The van der Waals surface area contributed by atoms with E-state index in [-0.39, 0.29) is 0 Å². The van der Waals surface area contributed by atoms with Crippen molar-refractivity contribution in [2.24, 2.45) is 16.8 Å². The number of aryl methyl sites for hydroxylation is 1. The highest BCUT2D eigenvalue weighted by molar-refractivity contribution is 7.11. The molecular formula is C16H28N4S. The van der Waals surface area contributed by atoms with Gasteiger partial charge < -0.3 is 10.2 Å².